The van der Waals surface area contributed by atoms with E-state index in [0.717, 1.165) is 34.5 Å². The Balaban J connectivity index is 1.61. The first-order chi connectivity index (χ1) is 12.7. The molecular formula is C21H23N3O2. The van der Waals surface area contributed by atoms with Crippen LogP contribution in [0.5, 0.6) is 0 Å². The molecule has 1 saturated heterocycles. The molecule has 2 amide bonds. The molecule has 1 aromatic heterocycles. The summed E-state index contributed by atoms with van der Waals surface area (Å²) in [5.74, 6) is -0.0928. The summed E-state index contributed by atoms with van der Waals surface area (Å²) in [6.45, 7) is 3.72. The summed E-state index contributed by atoms with van der Waals surface area (Å²) >= 11 is 0. The zero-order chi connectivity index (χ0) is 18.1. The van der Waals surface area contributed by atoms with Gasteiger partial charge in [-0.25, -0.2) is 0 Å². The maximum atomic E-state index is 13.0. The van der Waals surface area contributed by atoms with Crippen molar-refractivity contribution in [3.8, 4) is 0 Å². The Bertz CT molecular complexity index is 976. The highest BCUT2D eigenvalue weighted by Gasteiger charge is 2.29. The standard InChI is InChI=1S/C21H23N3O2/c1-2-22-20(25)15-7-5-11-24(13-15)21(26)19-12-17-16-8-4-3-6-14(16)9-10-18(17)23-19/h3-4,6,8-10,12,15,23H,2,5,7,11,13H2,1H3,(H,22,25). The highest BCUT2D eigenvalue weighted by Crippen LogP contribution is 2.27. The number of aromatic nitrogens is 1. The van der Waals surface area contributed by atoms with Gasteiger partial charge in [-0.05, 0) is 42.7 Å². The zero-order valence-electron chi connectivity index (χ0n) is 14.9. The summed E-state index contributed by atoms with van der Waals surface area (Å²) in [5, 5.41) is 6.23. The summed E-state index contributed by atoms with van der Waals surface area (Å²) in [7, 11) is 0. The Morgan fingerprint density at radius 3 is 2.88 bits per heavy atom. The second-order valence-electron chi connectivity index (χ2n) is 6.92. The van der Waals surface area contributed by atoms with Gasteiger partial charge in [-0.3, -0.25) is 9.59 Å². The molecule has 0 spiro atoms. The molecule has 1 unspecified atom stereocenters. The smallest absolute Gasteiger partial charge is 0.270 e. The van der Waals surface area contributed by atoms with Crippen molar-refractivity contribution in [1.29, 1.82) is 0 Å². The molecule has 1 atom stereocenters. The molecule has 0 radical (unpaired) electrons. The molecule has 2 N–H and O–H groups in total. The molecule has 4 rings (SSSR count). The highest BCUT2D eigenvalue weighted by molar-refractivity contribution is 6.09. The summed E-state index contributed by atoms with van der Waals surface area (Å²) < 4.78 is 0. The number of amides is 2. The number of H-pyrrole nitrogens is 1. The lowest BCUT2D eigenvalue weighted by Crippen LogP contribution is -2.45. The Kier molecular flexibility index (Phi) is 4.37. The van der Waals surface area contributed by atoms with Crippen molar-refractivity contribution in [2.45, 2.75) is 19.8 Å². The van der Waals surface area contributed by atoms with Gasteiger partial charge in [-0.1, -0.05) is 30.3 Å². The third-order valence-corrected chi connectivity index (χ3v) is 5.19. The van der Waals surface area contributed by atoms with Gasteiger partial charge < -0.3 is 15.2 Å². The molecule has 2 aromatic carbocycles. The van der Waals surface area contributed by atoms with Gasteiger partial charge in [0.15, 0.2) is 0 Å². The van der Waals surface area contributed by atoms with E-state index in [4.69, 9.17) is 0 Å². The van der Waals surface area contributed by atoms with Gasteiger partial charge in [0.1, 0.15) is 5.69 Å². The minimum absolute atomic E-state index is 0.0284. The van der Waals surface area contributed by atoms with Crippen LogP contribution in [0, 0.1) is 5.92 Å². The number of aromatic amines is 1. The number of hydrogen-bond donors (Lipinski definition) is 2. The van der Waals surface area contributed by atoms with Crippen molar-refractivity contribution in [2.24, 2.45) is 5.92 Å². The fraction of sp³-hybridized carbons (Fsp3) is 0.333. The largest absolute Gasteiger partial charge is 0.356 e. The summed E-state index contributed by atoms with van der Waals surface area (Å²) in [6.07, 6.45) is 1.70. The summed E-state index contributed by atoms with van der Waals surface area (Å²) in [5.41, 5.74) is 1.55. The van der Waals surface area contributed by atoms with E-state index in [-0.39, 0.29) is 17.7 Å². The first kappa shape index (κ1) is 16.6. The number of rotatable bonds is 3. The van der Waals surface area contributed by atoms with Gasteiger partial charge >= 0.3 is 0 Å². The third-order valence-electron chi connectivity index (χ3n) is 5.19. The lowest BCUT2D eigenvalue weighted by atomic mass is 9.97. The minimum Gasteiger partial charge on any atom is -0.356 e. The maximum absolute atomic E-state index is 13.0. The van der Waals surface area contributed by atoms with Crippen LogP contribution in [0.15, 0.2) is 42.5 Å². The fourth-order valence-electron chi connectivity index (χ4n) is 3.87. The predicted octanol–water partition coefficient (Wildman–Crippen LogP) is 3.31. The average Bonchev–Trinajstić information content (AvgIpc) is 3.12. The molecular weight excluding hydrogens is 326 g/mol. The quantitative estimate of drug-likeness (QED) is 0.762. The SMILES string of the molecule is CCNC(=O)C1CCCN(C(=O)c2cc3c(ccc4ccccc43)[nH]2)C1. The van der Waals surface area contributed by atoms with E-state index in [2.05, 4.69) is 28.5 Å². The molecule has 2 heterocycles. The maximum Gasteiger partial charge on any atom is 0.270 e. The van der Waals surface area contributed by atoms with E-state index in [1.165, 1.54) is 0 Å². The molecule has 5 nitrogen and oxygen atoms in total. The number of carbonyl (C=O) groups is 2. The molecule has 0 bridgehead atoms. The van der Waals surface area contributed by atoms with Crippen molar-refractivity contribution in [3.05, 3.63) is 48.2 Å². The molecule has 1 fully saturated rings. The van der Waals surface area contributed by atoms with Crippen LogP contribution in [0.4, 0.5) is 0 Å². The zero-order valence-corrected chi connectivity index (χ0v) is 14.9. The second-order valence-corrected chi connectivity index (χ2v) is 6.92. The van der Waals surface area contributed by atoms with Crippen LogP contribution < -0.4 is 5.32 Å². The Labute approximate surface area is 152 Å². The van der Waals surface area contributed by atoms with Crippen molar-refractivity contribution < 1.29 is 9.59 Å². The molecule has 26 heavy (non-hydrogen) atoms. The van der Waals surface area contributed by atoms with Crippen LogP contribution in [-0.4, -0.2) is 41.3 Å². The van der Waals surface area contributed by atoms with Gasteiger partial charge in [-0.2, -0.15) is 0 Å². The molecule has 0 aliphatic carbocycles. The van der Waals surface area contributed by atoms with Gasteiger partial charge in [0, 0.05) is 30.5 Å². The van der Waals surface area contributed by atoms with Crippen LogP contribution in [-0.2, 0) is 4.79 Å². The predicted molar refractivity (Wildman–Crippen MR) is 103 cm³/mol. The van der Waals surface area contributed by atoms with Crippen molar-refractivity contribution >= 4 is 33.5 Å². The Morgan fingerprint density at radius 2 is 2.04 bits per heavy atom. The molecule has 5 heteroatoms. The van der Waals surface area contributed by atoms with E-state index in [1.54, 1.807) is 4.90 Å². The van der Waals surface area contributed by atoms with E-state index in [0.29, 0.717) is 25.3 Å². The van der Waals surface area contributed by atoms with Gasteiger partial charge in [0.2, 0.25) is 5.91 Å². The first-order valence-corrected chi connectivity index (χ1v) is 9.25. The van der Waals surface area contributed by atoms with Crippen molar-refractivity contribution in [1.82, 2.24) is 15.2 Å². The highest BCUT2D eigenvalue weighted by atomic mass is 16.2. The lowest BCUT2D eigenvalue weighted by Gasteiger charge is -2.31. The summed E-state index contributed by atoms with van der Waals surface area (Å²) in [4.78, 5) is 30.2. The lowest BCUT2D eigenvalue weighted by molar-refractivity contribution is -0.126. The Hall–Kier alpha value is -2.82. The van der Waals surface area contributed by atoms with Crippen molar-refractivity contribution in [3.63, 3.8) is 0 Å². The topological polar surface area (TPSA) is 65.2 Å². The van der Waals surface area contributed by atoms with E-state index in [9.17, 15) is 9.59 Å². The number of fused-ring (bicyclic) bond motifs is 3. The molecule has 1 aliphatic heterocycles. The third kappa shape index (κ3) is 2.94. The number of nitrogens with zero attached hydrogens (tertiary/aromatic N) is 1. The fourth-order valence-corrected chi connectivity index (χ4v) is 3.87. The van der Waals surface area contributed by atoms with Gasteiger partial charge in [0.25, 0.3) is 5.91 Å². The number of benzene rings is 2. The van der Waals surface area contributed by atoms with Crippen LogP contribution in [0.1, 0.15) is 30.3 Å². The molecule has 3 aromatic rings. The van der Waals surface area contributed by atoms with E-state index < -0.39 is 0 Å². The van der Waals surface area contributed by atoms with Gasteiger partial charge in [0.05, 0.1) is 5.92 Å². The number of carbonyl (C=O) groups excluding carboxylic acids is 2. The normalized spacial score (nSPS) is 17.6. The van der Waals surface area contributed by atoms with E-state index >= 15 is 0 Å². The number of hydrogen-bond acceptors (Lipinski definition) is 2. The number of piperidine rings is 1. The molecule has 0 saturated carbocycles. The summed E-state index contributed by atoms with van der Waals surface area (Å²) in [6, 6.07) is 14.2. The van der Waals surface area contributed by atoms with Crippen LogP contribution in [0.3, 0.4) is 0 Å². The number of nitrogens with one attached hydrogen (secondary N) is 2. The molecule has 1 aliphatic rings. The van der Waals surface area contributed by atoms with Crippen molar-refractivity contribution in [2.75, 3.05) is 19.6 Å². The first-order valence-electron chi connectivity index (χ1n) is 9.25. The molecule has 134 valence electrons. The second kappa shape index (κ2) is 6.83. The monoisotopic (exact) mass is 349 g/mol. The van der Waals surface area contributed by atoms with Gasteiger partial charge in [-0.15, -0.1) is 0 Å². The average molecular weight is 349 g/mol. The van der Waals surface area contributed by atoms with Crippen LogP contribution in [0.25, 0.3) is 21.7 Å². The van der Waals surface area contributed by atoms with Crippen LogP contribution in [0.2, 0.25) is 0 Å². The number of likely N-dealkylation sites (tertiary alicyclic amines) is 1. The Morgan fingerprint density at radius 1 is 1.19 bits per heavy atom. The minimum atomic E-state index is -0.113. The van der Waals surface area contributed by atoms with E-state index in [1.807, 2.05) is 31.2 Å². The van der Waals surface area contributed by atoms with Crippen LogP contribution >= 0.6 is 0 Å².